The molecule has 0 radical (unpaired) electrons. The maximum Gasteiger partial charge on any atom is 0.240 e. The molecule has 1 N–H and O–H groups in total. The predicted octanol–water partition coefficient (Wildman–Crippen LogP) is 3.08. The summed E-state index contributed by atoms with van der Waals surface area (Å²) in [6, 6.07) is 19.2. The molecule has 1 unspecified atom stereocenters. The molecule has 0 aliphatic rings. The van der Waals surface area contributed by atoms with E-state index < -0.39 is 0 Å². The second kappa shape index (κ2) is 8.13. The van der Waals surface area contributed by atoms with Crippen molar-refractivity contribution < 1.29 is 9.59 Å². The minimum absolute atomic E-state index is 0.0384. The SMILES string of the molecule is CC(NC(=O)CN(C=O)[C@H](C)c1ccccc1)c1ccccc1. The Labute approximate surface area is 137 Å². The molecule has 2 aromatic carbocycles. The van der Waals surface area contributed by atoms with Gasteiger partial charge < -0.3 is 10.2 Å². The zero-order chi connectivity index (χ0) is 16.7. The molecule has 4 heteroatoms. The lowest BCUT2D eigenvalue weighted by Crippen LogP contribution is -2.38. The first-order valence-electron chi connectivity index (χ1n) is 7.72. The van der Waals surface area contributed by atoms with Crippen LogP contribution in [-0.4, -0.2) is 23.8 Å². The molecule has 0 fully saturated rings. The van der Waals surface area contributed by atoms with Crippen LogP contribution in [-0.2, 0) is 9.59 Å². The van der Waals surface area contributed by atoms with Crippen LogP contribution in [0, 0.1) is 0 Å². The molecule has 0 saturated heterocycles. The zero-order valence-electron chi connectivity index (χ0n) is 13.5. The van der Waals surface area contributed by atoms with E-state index in [0.717, 1.165) is 17.5 Å². The maximum absolute atomic E-state index is 12.2. The molecule has 0 aliphatic carbocycles. The van der Waals surface area contributed by atoms with Crippen LogP contribution in [0.1, 0.15) is 37.1 Å². The quantitative estimate of drug-likeness (QED) is 0.799. The highest BCUT2D eigenvalue weighted by molar-refractivity contribution is 5.80. The van der Waals surface area contributed by atoms with Crippen LogP contribution < -0.4 is 5.32 Å². The van der Waals surface area contributed by atoms with Crippen molar-refractivity contribution in [2.24, 2.45) is 0 Å². The first kappa shape index (κ1) is 16.7. The summed E-state index contributed by atoms with van der Waals surface area (Å²) in [5.74, 6) is -0.170. The lowest BCUT2D eigenvalue weighted by molar-refractivity contribution is -0.130. The van der Waals surface area contributed by atoms with Crippen molar-refractivity contribution in [1.82, 2.24) is 10.2 Å². The lowest BCUT2D eigenvalue weighted by Gasteiger charge is -2.25. The van der Waals surface area contributed by atoms with Crippen molar-refractivity contribution in [2.75, 3.05) is 6.54 Å². The van der Waals surface area contributed by atoms with Gasteiger partial charge in [0.15, 0.2) is 0 Å². The largest absolute Gasteiger partial charge is 0.348 e. The molecule has 120 valence electrons. The van der Waals surface area contributed by atoms with E-state index in [9.17, 15) is 9.59 Å². The Kier molecular flexibility index (Phi) is 5.92. The molecule has 0 heterocycles. The number of hydrogen-bond acceptors (Lipinski definition) is 2. The summed E-state index contributed by atoms with van der Waals surface area (Å²) in [5, 5.41) is 2.93. The second-order valence-electron chi connectivity index (χ2n) is 5.56. The van der Waals surface area contributed by atoms with Gasteiger partial charge in [-0.2, -0.15) is 0 Å². The fourth-order valence-electron chi connectivity index (χ4n) is 2.47. The van der Waals surface area contributed by atoms with E-state index in [4.69, 9.17) is 0 Å². The number of amides is 2. The van der Waals surface area contributed by atoms with Gasteiger partial charge in [0.25, 0.3) is 0 Å². The number of carbonyl (C=O) groups is 2. The molecule has 0 saturated carbocycles. The summed E-state index contributed by atoms with van der Waals surface area (Å²) in [6.45, 7) is 3.88. The monoisotopic (exact) mass is 310 g/mol. The molecule has 0 aliphatic heterocycles. The first-order chi connectivity index (χ1) is 11.1. The standard InChI is InChI=1S/C19H22N2O2/c1-15(17-9-5-3-6-10-17)20-19(23)13-21(14-22)16(2)18-11-7-4-8-12-18/h3-12,14-16H,13H2,1-2H3,(H,20,23)/t15?,16-/m1/s1. The summed E-state index contributed by atoms with van der Waals surface area (Å²) in [4.78, 5) is 25.1. The van der Waals surface area contributed by atoms with Gasteiger partial charge in [-0.3, -0.25) is 9.59 Å². The van der Waals surface area contributed by atoms with E-state index in [2.05, 4.69) is 5.32 Å². The van der Waals surface area contributed by atoms with Crippen molar-refractivity contribution in [3.63, 3.8) is 0 Å². The van der Waals surface area contributed by atoms with E-state index in [1.54, 1.807) is 0 Å². The van der Waals surface area contributed by atoms with Crippen LogP contribution >= 0.6 is 0 Å². The molecule has 4 nitrogen and oxygen atoms in total. The second-order valence-corrected chi connectivity index (χ2v) is 5.56. The number of carbonyl (C=O) groups excluding carboxylic acids is 2. The van der Waals surface area contributed by atoms with Crippen LogP contribution in [0.3, 0.4) is 0 Å². The Morgan fingerprint density at radius 3 is 2.04 bits per heavy atom. The van der Waals surface area contributed by atoms with Crippen molar-refractivity contribution in [2.45, 2.75) is 25.9 Å². The predicted molar refractivity (Wildman–Crippen MR) is 90.6 cm³/mol. The van der Waals surface area contributed by atoms with Crippen molar-refractivity contribution in [1.29, 1.82) is 0 Å². The van der Waals surface area contributed by atoms with Gasteiger partial charge in [0.05, 0.1) is 18.6 Å². The summed E-state index contributed by atoms with van der Waals surface area (Å²) < 4.78 is 0. The van der Waals surface area contributed by atoms with Crippen LogP contribution in [0.25, 0.3) is 0 Å². The molecular formula is C19H22N2O2. The Morgan fingerprint density at radius 2 is 1.52 bits per heavy atom. The van der Waals surface area contributed by atoms with Gasteiger partial charge in [-0.25, -0.2) is 0 Å². The minimum atomic E-state index is -0.170. The van der Waals surface area contributed by atoms with E-state index in [0.29, 0.717) is 0 Å². The smallest absolute Gasteiger partial charge is 0.240 e. The minimum Gasteiger partial charge on any atom is -0.348 e. The van der Waals surface area contributed by atoms with Crippen LogP contribution in [0.15, 0.2) is 60.7 Å². The van der Waals surface area contributed by atoms with Gasteiger partial charge in [-0.15, -0.1) is 0 Å². The van der Waals surface area contributed by atoms with Gasteiger partial charge in [0.2, 0.25) is 12.3 Å². The average Bonchev–Trinajstić information content (AvgIpc) is 2.60. The lowest BCUT2D eigenvalue weighted by atomic mass is 10.1. The summed E-state index contributed by atoms with van der Waals surface area (Å²) in [7, 11) is 0. The number of hydrogen-bond donors (Lipinski definition) is 1. The Hall–Kier alpha value is -2.62. The molecule has 0 bridgehead atoms. The van der Waals surface area contributed by atoms with Crippen LogP contribution in [0.4, 0.5) is 0 Å². The normalized spacial score (nSPS) is 13.0. The number of benzene rings is 2. The number of nitrogens with one attached hydrogen (secondary N) is 1. The molecule has 0 aromatic heterocycles. The molecule has 23 heavy (non-hydrogen) atoms. The molecular weight excluding hydrogens is 288 g/mol. The topological polar surface area (TPSA) is 49.4 Å². The van der Waals surface area contributed by atoms with Gasteiger partial charge in [-0.1, -0.05) is 60.7 Å². The highest BCUT2D eigenvalue weighted by atomic mass is 16.2. The van der Waals surface area contributed by atoms with E-state index in [1.807, 2.05) is 74.5 Å². The Morgan fingerprint density at radius 1 is 1.00 bits per heavy atom. The Balaban J connectivity index is 1.96. The number of nitrogens with zero attached hydrogens (tertiary/aromatic N) is 1. The van der Waals surface area contributed by atoms with Crippen molar-refractivity contribution >= 4 is 12.3 Å². The van der Waals surface area contributed by atoms with Crippen LogP contribution in [0.2, 0.25) is 0 Å². The fourth-order valence-corrected chi connectivity index (χ4v) is 2.47. The fraction of sp³-hybridized carbons (Fsp3) is 0.263. The Bertz CT molecular complexity index is 628. The van der Waals surface area contributed by atoms with Gasteiger partial charge in [-0.05, 0) is 25.0 Å². The molecule has 2 amide bonds. The van der Waals surface area contributed by atoms with Crippen LogP contribution in [0.5, 0.6) is 0 Å². The number of rotatable bonds is 7. The third kappa shape index (κ3) is 4.68. The summed E-state index contributed by atoms with van der Waals surface area (Å²) in [5.41, 5.74) is 2.04. The average molecular weight is 310 g/mol. The molecule has 0 spiro atoms. The molecule has 2 atom stereocenters. The van der Waals surface area contributed by atoms with Gasteiger partial charge in [0, 0.05) is 0 Å². The molecule has 2 aromatic rings. The van der Waals surface area contributed by atoms with Crippen molar-refractivity contribution in [3.05, 3.63) is 71.8 Å². The summed E-state index contributed by atoms with van der Waals surface area (Å²) in [6.07, 6.45) is 0.727. The first-order valence-corrected chi connectivity index (χ1v) is 7.72. The maximum atomic E-state index is 12.2. The third-order valence-electron chi connectivity index (χ3n) is 3.92. The van der Waals surface area contributed by atoms with Gasteiger partial charge in [0.1, 0.15) is 0 Å². The highest BCUT2D eigenvalue weighted by Crippen LogP contribution is 2.18. The van der Waals surface area contributed by atoms with E-state index in [-0.39, 0.29) is 24.5 Å². The highest BCUT2D eigenvalue weighted by Gasteiger charge is 2.18. The van der Waals surface area contributed by atoms with E-state index >= 15 is 0 Å². The molecule has 2 rings (SSSR count). The summed E-state index contributed by atoms with van der Waals surface area (Å²) >= 11 is 0. The van der Waals surface area contributed by atoms with Crippen molar-refractivity contribution in [3.8, 4) is 0 Å². The van der Waals surface area contributed by atoms with E-state index in [1.165, 1.54) is 4.90 Å². The third-order valence-corrected chi connectivity index (χ3v) is 3.92. The zero-order valence-corrected chi connectivity index (χ0v) is 13.5. The van der Waals surface area contributed by atoms with Gasteiger partial charge >= 0.3 is 0 Å².